The molecule has 0 radical (unpaired) electrons. The highest BCUT2D eigenvalue weighted by Crippen LogP contribution is 2.45. The van der Waals surface area contributed by atoms with Crippen molar-refractivity contribution in [3.05, 3.63) is 59.7 Å². The normalized spacial score (nSPS) is 21.5. The van der Waals surface area contributed by atoms with Gasteiger partial charge in [0.15, 0.2) is 23.0 Å². The second kappa shape index (κ2) is 11.2. The second-order valence-electron chi connectivity index (χ2n) is 8.01. The minimum absolute atomic E-state index is 0.132. The molecule has 1 heterocycles. The van der Waals surface area contributed by atoms with Crippen molar-refractivity contribution in [3.8, 4) is 23.0 Å². The van der Waals surface area contributed by atoms with Crippen molar-refractivity contribution in [1.29, 1.82) is 0 Å². The van der Waals surface area contributed by atoms with Crippen LogP contribution >= 0.6 is 0 Å². The van der Waals surface area contributed by atoms with Crippen molar-refractivity contribution in [2.75, 3.05) is 35.0 Å². The van der Waals surface area contributed by atoms with Crippen molar-refractivity contribution in [3.63, 3.8) is 0 Å². The molecule has 1 saturated heterocycles. The van der Waals surface area contributed by atoms with Crippen LogP contribution in [0.15, 0.2) is 48.6 Å². The minimum Gasteiger partial charge on any atom is -0.493 e. The number of methoxy groups -OCH3 is 4. The second-order valence-corrected chi connectivity index (χ2v) is 8.01. The van der Waals surface area contributed by atoms with Gasteiger partial charge in [0, 0.05) is 0 Å². The summed E-state index contributed by atoms with van der Waals surface area (Å²) in [4.78, 5) is 0. The average Bonchev–Trinajstić information content (AvgIpc) is 3.20. The molecule has 3 rings (SSSR count). The molecule has 2 aromatic carbocycles. The zero-order valence-electron chi connectivity index (χ0n) is 19.5. The first kappa shape index (κ1) is 24.0. The SMILES string of the molecule is C/C=C/C(O)C[C@@H]1[C@@H](Cc2ccc(OC)c(OC)c2)CO[C@@H]1c1ccc(OC)c(OC)c1. The first-order valence-electron chi connectivity index (χ1n) is 10.9. The van der Waals surface area contributed by atoms with E-state index in [1.165, 1.54) is 0 Å². The van der Waals surface area contributed by atoms with Gasteiger partial charge in [-0.1, -0.05) is 24.3 Å². The Morgan fingerprint density at radius 1 is 0.938 bits per heavy atom. The molecular weight excluding hydrogens is 408 g/mol. The van der Waals surface area contributed by atoms with E-state index >= 15 is 0 Å². The van der Waals surface area contributed by atoms with Crippen LogP contribution in [0.2, 0.25) is 0 Å². The molecule has 0 aromatic heterocycles. The fourth-order valence-electron chi connectivity index (χ4n) is 4.51. The molecule has 0 spiro atoms. The predicted molar refractivity (Wildman–Crippen MR) is 124 cm³/mol. The number of allylic oxidation sites excluding steroid dienone is 1. The van der Waals surface area contributed by atoms with E-state index in [0.29, 0.717) is 36.0 Å². The van der Waals surface area contributed by atoms with Crippen LogP contribution in [0.1, 0.15) is 30.6 Å². The summed E-state index contributed by atoms with van der Waals surface area (Å²) in [6.07, 6.45) is 4.48. The first-order valence-corrected chi connectivity index (χ1v) is 10.9. The van der Waals surface area contributed by atoms with E-state index in [-0.39, 0.29) is 17.9 Å². The molecule has 0 aliphatic carbocycles. The lowest BCUT2D eigenvalue weighted by atomic mass is 9.80. The van der Waals surface area contributed by atoms with Crippen molar-refractivity contribution in [1.82, 2.24) is 0 Å². The summed E-state index contributed by atoms with van der Waals surface area (Å²) in [6, 6.07) is 11.9. The monoisotopic (exact) mass is 442 g/mol. The quantitative estimate of drug-likeness (QED) is 0.543. The van der Waals surface area contributed by atoms with Gasteiger partial charge in [-0.25, -0.2) is 0 Å². The summed E-state index contributed by atoms with van der Waals surface area (Å²) in [7, 11) is 6.53. The molecule has 1 aliphatic heterocycles. The summed E-state index contributed by atoms with van der Waals surface area (Å²) in [5.41, 5.74) is 2.17. The number of hydrogen-bond acceptors (Lipinski definition) is 6. The summed E-state index contributed by atoms with van der Waals surface area (Å²) >= 11 is 0. The molecule has 6 heteroatoms. The zero-order chi connectivity index (χ0) is 23.1. The molecule has 0 saturated carbocycles. The van der Waals surface area contributed by atoms with Crippen molar-refractivity contribution in [2.24, 2.45) is 11.8 Å². The number of hydrogen-bond donors (Lipinski definition) is 1. The fourth-order valence-corrected chi connectivity index (χ4v) is 4.51. The van der Waals surface area contributed by atoms with E-state index in [4.69, 9.17) is 23.7 Å². The third-order valence-electron chi connectivity index (χ3n) is 6.09. The van der Waals surface area contributed by atoms with Crippen molar-refractivity contribution < 1.29 is 28.8 Å². The summed E-state index contributed by atoms with van der Waals surface area (Å²) in [5, 5.41) is 10.6. The zero-order valence-corrected chi connectivity index (χ0v) is 19.5. The average molecular weight is 443 g/mol. The predicted octanol–water partition coefficient (Wildman–Crippen LogP) is 4.59. The van der Waals surface area contributed by atoms with Gasteiger partial charge in [-0.3, -0.25) is 0 Å². The number of benzene rings is 2. The molecule has 1 aliphatic rings. The molecule has 4 atom stereocenters. The van der Waals surface area contributed by atoms with Gasteiger partial charge in [0.1, 0.15) is 0 Å². The minimum atomic E-state index is -0.526. The lowest BCUT2D eigenvalue weighted by Gasteiger charge is -2.25. The topological polar surface area (TPSA) is 66.4 Å². The van der Waals surface area contributed by atoms with Gasteiger partial charge in [-0.15, -0.1) is 0 Å². The van der Waals surface area contributed by atoms with Crippen LogP contribution in [-0.4, -0.2) is 46.3 Å². The van der Waals surface area contributed by atoms with Gasteiger partial charge in [-0.2, -0.15) is 0 Å². The van der Waals surface area contributed by atoms with Gasteiger partial charge in [0.2, 0.25) is 0 Å². The Morgan fingerprint density at radius 2 is 1.56 bits per heavy atom. The molecule has 1 N–H and O–H groups in total. The summed E-state index contributed by atoms with van der Waals surface area (Å²) in [5.74, 6) is 3.15. The van der Waals surface area contributed by atoms with E-state index in [1.54, 1.807) is 28.4 Å². The number of rotatable bonds is 10. The lowest BCUT2D eigenvalue weighted by Crippen LogP contribution is -2.22. The van der Waals surface area contributed by atoms with Crippen molar-refractivity contribution in [2.45, 2.75) is 32.0 Å². The van der Waals surface area contributed by atoms with Crippen molar-refractivity contribution >= 4 is 0 Å². The van der Waals surface area contributed by atoms with Gasteiger partial charge < -0.3 is 28.8 Å². The number of ether oxygens (including phenoxy) is 5. The molecule has 174 valence electrons. The smallest absolute Gasteiger partial charge is 0.161 e. The number of aliphatic hydroxyl groups excluding tert-OH is 1. The Labute approximate surface area is 190 Å². The Balaban J connectivity index is 1.88. The maximum absolute atomic E-state index is 10.6. The highest BCUT2D eigenvalue weighted by atomic mass is 16.5. The summed E-state index contributed by atoms with van der Waals surface area (Å²) in [6.45, 7) is 2.53. The summed E-state index contributed by atoms with van der Waals surface area (Å²) < 4.78 is 28.0. The van der Waals surface area contributed by atoms with E-state index < -0.39 is 6.10 Å². The fraction of sp³-hybridized carbons (Fsp3) is 0.462. The molecule has 32 heavy (non-hydrogen) atoms. The largest absolute Gasteiger partial charge is 0.493 e. The molecule has 0 amide bonds. The lowest BCUT2D eigenvalue weighted by molar-refractivity contribution is 0.0758. The van der Waals surface area contributed by atoms with Gasteiger partial charge in [-0.05, 0) is 67.0 Å². The van der Waals surface area contributed by atoms with E-state index in [9.17, 15) is 5.11 Å². The van der Waals surface area contributed by atoms with Crippen LogP contribution in [0.3, 0.4) is 0 Å². The van der Waals surface area contributed by atoms with Crippen LogP contribution in [0, 0.1) is 11.8 Å². The van der Waals surface area contributed by atoms with E-state index in [0.717, 1.165) is 17.5 Å². The Morgan fingerprint density at radius 3 is 2.19 bits per heavy atom. The Bertz CT molecular complexity index is 909. The van der Waals surface area contributed by atoms with Crippen LogP contribution in [0.5, 0.6) is 23.0 Å². The third kappa shape index (κ3) is 5.37. The van der Waals surface area contributed by atoms with Gasteiger partial charge >= 0.3 is 0 Å². The van der Waals surface area contributed by atoms with E-state index in [2.05, 4.69) is 6.07 Å². The maximum Gasteiger partial charge on any atom is 0.161 e. The van der Waals surface area contributed by atoms with Crippen LogP contribution in [0.4, 0.5) is 0 Å². The highest BCUT2D eigenvalue weighted by molar-refractivity contribution is 5.44. The molecular formula is C26H34O6. The van der Waals surface area contributed by atoms with Crippen LogP contribution < -0.4 is 18.9 Å². The van der Waals surface area contributed by atoms with Crippen LogP contribution in [0.25, 0.3) is 0 Å². The third-order valence-corrected chi connectivity index (χ3v) is 6.09. The molecule has 1 fully saturated rings. The number of aliphatic hydroxyl groups is 1. The molecule has 6 nitrogen and oxygen atoms in total. The highest BCUT2D eigenvalue weighted by Gasteiger charge is 2.39. The van der Waals surface area contributed by atoms with E-state index in [1.807, 2.05) is 49.4 Å². The Hall–Kier alpha value is -2.70. The maximum atomic E-state index is 10.6. The van der Waals surface area contributed by atoms with Gasteiger partial charge in [0.25, 0.3) is 0 Å². The van der Waals surface area contributed by atoms with Crippen LogP contribution in [-0.2, 0) is 11.2 Å². The molecule has 1 unspecified atom stereocenters. The molecule has 2 aromatic rings. The standard InChI is InChI=1S/C26H34O6/c1-6-7-20(27)15-21-19(12-17-8-10-22(28-2)24(13-17)30-4)16-32-26(21)18-9-11-23(29-3)25(14-18)31-5/h6-11,13-14,19-21,26-27H,12,15-16H2,1-5H3/b7-6+/t19-,20?,21+,26+/m0/s1. The Kier molecular flexibility index (Phi) is 8.42. The first-order chi connectivity index (χ1) is 15.5. The van der Waals surface area contributed by atoms with Gasteiger partial charge in [0.05, 0.1) is 47.3 Å². The molecule has 0 bridgehead atoms.